The van der Waals surface area contributed by atoms with E-state index in [0.717, 1.165) is 0 Å². The maximum atomic E-state index is 14.3. The van der Waals surface area contributed by atoms with E-state index in [0.29, 0.717) is 34.9 Å². The second-order valence-corrected chi connectivity index (χ2v) is 7.16. The number of amides is 2. The van der Waals surface area contributed by atoms with E-state index in [2.05, 4.69) is 15.9 Å². The average molecular weight is 422 g/mol. The minimum Gasteiger partial charge on any atom is -0.274 e. The Labute approximate surface area is 159 Å². The second-order valence-electron chi connectivity index (χ2n) is 6.30. The molecule has 0 fully saturated rings. The molecule has 1 heterocycles. The van der Waals surface area contributed by atoms with Crippen molar-refractivity contribution in [2.45, 2.75) is 31.6 Å². The van der Waals surface area contributed by atoms with Crippen molar-refractivity contribution >= 4 is 27.7 Å². The number of unbranched alkanes of at least 4 members (excludes halogenated alkanes) is 2. The molecule has 6 heteroatoms. The number of hydrogen-bond acceptors (Lipinski definition) is 2. The molecule has 3 nitrogen and oxygen atoms in total. The van der Waals surface area contributed by atoms with Gasteiger partial charge in [-0.15, -0.1) is 0 Å². The van der Waals surface area contributed by atoms with Crippen molar-refractivity contribution in [3.8, 4) is 0 Å². The predicted molar refractivity (Wildman–Crippen MR) is 98.3 cm³/mol. The molecular formula is C20H18BrF2NO2. The average Bonchev–Trinajstić information content (AvgIpc) is 2.86. The topological polar surface area (TPSA) is 37.4 Å². The van der Waals surface area contributed by atoms with Gasteiger partial charge >= 0.3 is 0 Å². The van der Waals surface area contributed by atoms with E-state index >= 15 is 0 Å². The largest absolute Gasteiger partial charge is 0.274 e. The molecule has 2 aromatic rings. The van der Waals surface area contributed by atoms with Crippen molar-refractivity contribution in [2.24, 2.45) is 0 Å². The van der Waals surface area contributed by atoms with E-state index in [-0.39, 0.29) is 30.3 Å². The molecule has 0 aromatic heterocycles. The molecule has 136 valence electrons. The third kappa shape index (κ3) is 3.70. The number of alkyl halides is 2. The molecule has 3 rings (SSSR count). The summed E-state index contributed by atoms with van der Waals surface area (Å²) in [5.41, 5.74) is 0.816. The minimum absolute atomic E-state index is 0.0136. The van der Waals surface area contributed by atoms with Gasteiger partial charge in [-0.3, -0.25) is 14.5 Å². The van der Waals surface area contributed by atoms with Gasteiger partial charge in [0, 0.05) is 23.0 Å². The Balaban J connectivity index is 1.49. The highest BCUT2D eigenvalue weighted by Crippen LogP contribution is 2.37. The standard InChI is InChI=1S/C20H18BrF2NO2/c21-17-11-5-4-10-16(17)20(22,23)12-6-1-7-13-24-18(25)14-8-2-3-9-15(14)19(24)26/h2-5,8-11H,1,6-7,12-13H2. The molecule has 2 aromatic carbocycles. The lowest BCUT2D eigenvalue weighted by Crippen LogP contribution is -2.30. The van der Waals surface area contributed by atoms with Gasteiger partial charge in [0.15, 0.2) is 0 Å². The number of carbonyl (C=O) groups excluding carboxylic acids is 2. The molecule has 0 bridgehead atoms. The summed E-state index contributed by atoms with van der Waals surface area (Å²) in [6, 6.07) is 13.0. The molecule has 1 aliphatic rings. The SMILES string of the molecule is O=C1c2ccccc2C(=O)N1CCCCCC(F)(F)c1ccccc1Br. The van der Waals surface area contributed by atoms with E-state index < -0.39 is 5.92 Å². The smallest absolute Gasteiger partial charge is 0.274 e. The molecule has 0 unspecified atom stereocenters. The summed E-state index contributed by atoms with van der Waals surface area (Å²) < 4.78 is 29.0. The van der Waals surface area contributed by atoms with Crippen LogP contribution in [0.1, 0.15) is 52.0 Å². The second kappa shape index (κ2) is 7.66. The number of halogens is 3. The molecule has 26 heavy (non-hydrogen) atoms. The van der Waals surface area contributed by atoms with E-state index in [9.17, 15) is 18.4 Å². The molecule has 0 radical (unpaired) electrons. The molecule has 0 N–H and O–H groups in total. The number of imide groups is 1. The van der Waals surface area contributed by atoms with Crippen molar-refractivity contribution in [3.05, 3.63) is 69.7 Å². The lowest BCUT2D eigenvalue weighted by molar-refractivity contribution is -0.0166. The van der Waals surface area contributed by atoms with Crippen LogP contribution in [0, 0.1) is 0 Å². The zero-order chi connectivity index (χ0) is 18.7. The lowest BCUT2D eigenvalue weighted by atomic mass is 10.0. The predicted octanol–water partition coefficient (Wildman–Crippen LogP) is 5.40. The number of hydrogen-bond donors (Lipinski definition) is 0. The summed E-state index contributed by atoms with van der Waals surface area (Å²) in [6.45, 7) is 0.257. The Kier molecular flexibility index (Phi) is 5.51. The maximum absolute atomic E-state index is 14.3. The Morgan fingerprint density at radius 3 is 2.04 bits per heavy atom. The Hall–Kier alpha value is -2.08. The number of rotatable bonds is 7. The van der Waals surface area contributed by atoms with Gasteiger partial charge in [-0.05, 0) is 31.0 Å². The molecule has 0 saturated carbocycles. The number of carbonyl (C=O) groups is 2. The first kappa shape index (κ1) is 18.7. The normalized spacial score (nSPS) is 14.0. The van der Waals surface area contributed by atoms with E-state index in [1.807, 2.05) is 0 Å². The summed E-state index contributed by atoms with van der Waals surface area (Å²) >= 11 is 3.17. The molecule has 0 saturated heterocycles. The van der Waals surface area contributed by atoms with Gasteiger partial charge in [0.25, 0.3) is 17.7 Å². The van der Waals surface area contributed by atoms with Gasteiger partial charge < -0.3 is 0 Å². The Bertz CT molecular complexity index is 803. The van der Waals surface area contributed by atoms with E-state index in [1.165, 1.54) is 11.0 Å². The highest BCUT2D eigenvalue weighted by molar-refractivity contribution is 9.10. The van der Waals surface area contributed by atoms with Crippen LogP contribution in [0.5, 0.6) is 0 Å². The number of fused-ring (bicyclic) bond motifs is 1. The van der Waals surface area contributed by atoms with Gasteiger partial charge in [0.1, 0.15) is 0 Å². The summed E-state index contributed by atoms with van der Waals surface area (Å²) in [5.74, 6) is -3.51. The first-order chi connectivity index (χ1) is 12.4. The van der Waals surface area contributed by atoms with Gasteiger partial charge in [0.05, 0.1) is 11.1 Å². The molecule has 1 aliphatic heterocycles. The van der Waals surface area contributed by atoms with Gasteiger partial charge in [-0.25, -0.2) is 8.78 Å². The van der Waals surface area contributed by atoms with Crippen LogP contribution in [0.4, 0.5) is 8.78 Å². The molecular weight excluding hydrogens is 404 g/mol. The third-order valence-corrected chi connectivity index (χ3v) is 5.21. The summed E-state index contributed by atoms with van der Waals surface area (Å²) in [7, 11) is 0. The van der Waals surface area contributed by atoms with Crippen LogP contribution in [0.2, 0.25) is 0 Å². The molecule has 0 aliphatic carbocycles. The first-order valence-electron chi connectivity index (χ1n) is 8.50. The molecule has 2 amide bonds. The number of nitrogens with zero attached hydrogens (tertiary/aromatic N) is 1. The summed E-state index contributed by atoms with van der Waals surface area (Å²) in [6.07, 6.45) is 1.08. The van der Waals surface area contributed by atoms with Crippen molar-refractivity contribution in [2.75, 3.05) is 6.54 Å². The first-order valence-corrected chi connectivity index (χ1v) is 9.29. The van der Waals surface area contributed by atoms with Gasteiger partial charge in [0.2, 0.25) is 0 Å². The van der Waals surface area contributed by atoms with Crippen molar-refractivity contribution in [1.29, 1.82) is 0 Å². The quantitative estimate of drug-likeness (QED) is 0.443. The maximum Gasteiger partial charge on any atom is 0.274 e. The number of benzene rings is 2. The fourth-order valence-corrected chi connectivity index (χ4v) is 3.70. The molecule has 0 spiro atoms. The van der Waals surface area contributed by atoms with Crippen LogP contribution < -0.4 is 0 Å². The van der Waals surface area contributed by atoms with Gasteiger partial charge in [-0.1, -0.05) is 52.7 Å². The summed E-state index contributed by atoms with van der Waals surface area (Å²) in [4.78, 5) is 25.7. The van der Waals surface area contributed by atoms with Crippen molar-refractivity contribution < 1.29 is 18.4 Å². The highest BCUT2D eigenvalue weighted by Gasteiger charge is 2.35. The Morgan fingerprint density at radius 1 is 0.846 bits per heavy atom. The zero-order valence-electron chi connectivity index (χ0n) is 14.1. The van der Waals surface area contributed by atoms with Crippen molar-refractivity contribution in [1.82, 2.24) is 4.90 Å². The van der Waals surface area contributed by atoms with E-state index in [1.54, 1.807) is 42.5 Å². The van der Waals surface area contributed by atoms with Crippen LogP contribution in [0.15, 0.2) is 53.0 Å². The fraction of sp³-hybridized carbons (Fsp3) is 0.300. The highest BCUT2D eigenvalue weighted by atomic mass is 79.9. The fourth-order valence-electron chi connectivity index (χ4n) is 3.13. The third-order valence-electron chi connectivity index (χ3n) is 4.52. The van der Waals surface area contributed by atoms with Gasteiger partial charge in [-0.2, -0.15) is 0 Å². The monoisotopic (exact) mass is 421 g/mol. The lowest BCUT2D eigenvalue weighted by Gasteiger charge is -2.18. The van der Waals surface area contributed by atoms with Crippen LogP contribution in [0.3, 0.4) is 0 Å². The summed E-state index contributed by atoms with van der Waals surface area (Å²) in [5, 5.41) is 0. The zero-order valence-corrected chi connectivity index (χ0v) is 15.6. The molecule has 0 atom stereocenters. The van der Waals surface area contributed by atoms with Crippen LogP contribution in [-0.2, 0) is 5.92 Å². The van der Waals surface area contributed by atoms with Crippen LogP contribution in [0.25, 0.3) is 0 Å². The minimum atomic E-state index is -2.91. The Morgan fingerprint density at radius 2 is 1.42 bits per heavy atom. The van der Waals surface area contributed by atoms with E-state index in [4.69, 9.17) is 0 Å². The van der Waals surface area contributed by atoms with Crippen LogP contribution >= 0.6 is 15.9 Å². The van der Waals surface area contributed by atoms with Crippen molar-refractivity contribution in [3.63, 3.8) is 0 Å². The van der Waals surface area contributed by atoms with Crippen LogP contribution in [-0.4, -0.2) is 23.3 Å².